The zero-order chi connectivity index (χ0) is 15.2. The van der Waals surface area contributed by atoms with Gasteiger partial charge < -0.3 is 9.64 Å². The number of nitrogens with zero attached hydrogens (tertiary/aromatic N) is 1. The summed E-state index contributed by atoms with van der Waals surface area (Å²) in [6.07, 6.45) is 1.42. The third-order valence-corrected chi connectivity index (χ3v) is 3.57. The van der Waals surface area contributed by atoms with E-state index >= 15 is 0 Å². The molecule has 0 saturated carbocycles. The number of esters is 1. The largest absolute Gasteiger partial charge is 0.459 e. The van der Waals surface area contributed by atoms with Crippen LogP contribution in [0.1, 0.15) is 31.7 Å². The molecule has 0 spiro atoms. The van der Waals surface area contributed by atoms with Crippen molar-refractivity contribution >= 4 is 17.7 Å². The van der Waals surface area contributed by atoms with E-state index < -0.39 is 23.7 Å². The Labute approximate surface area is 123 Å². The van der Waals surface area contributed by atoms with Crippen LogP contribution in [0.5, 0.6) is 0 Å². The van der Waals surface area contributed by atoms with Crippen molar-refractivity contribution in [2.24, 2.45) is 0 Å². The second-order valence-electron chi connectivity index (χ2n) is 5.03. The third-order valence-electron chi connectivity index (χ3n) is 3.57. The molecule has 0 aliphatic carbocycles. The van der Waals surface area contributed by atoms with Gasteiger partial charge in [-0.2, -0.15) is 0 Å². The molecule has 1 atom stereocenters. The molecule has 0 radical (unpaired) electrons. The van der Waals surface area contributed by atoms with E-state index in [1.807, 2.05) is 30.3 Å². The molecule has 0 aromatic heterocycles. The van der Waals surface area contributed by atoms with Gasteiger partial charge in [0.15, 0.2) is 0 Å². The van der Waals surface area contributed by atoms with Crippen molar-refractivity contribution in [2.75, 3.05) is 6.54 Å². The van der Waals surface area contributed by atoms with E-state index in [1.54, 1.807) is 6.92 Å². The van der Waals surface area contributed by atoms with Crippen molar-refractivity contribution < 1.29 is 19.1 Å². The first kappa shape index (κ1) is 15.2. The van der Waals surface area contributed by atoms with Crippen LogP contribution in [-0.4, -0.2) is 35.1 Å². The van der Waals surface area contributed by atoms with Gasteiger partial charge in [0.2, 0.25) is 5.78 Å². The number of ether oxygens (including phenoxy) is 1. The molecule has 112 valence electrons. The van der Waals surface area contributed by atoms with Gasteiger partial charge in [-0.05, 0) is 18.4 Å². The van der Waals surface area contributed by atoms with Crippen LogP contribution in [0.3, 0.4) is 0 Å². The number of hydrogen-bond acceptors (Lipinski definition) is 4. The molecule has 5 nitrogen and oxygen atoms in total. The Kier molecular flexibility index (Phi) is 5.09. The molecule has 21 heavy (non-hydrogen) atoms. The van der Waals surface area contributed by atoms with E-state index in [-0.39, 0.29) is 13.0 Å². The monoisotopic (exact) mass is 289 g/mol. The summed E-state index contributed by atoms with van der Waals surface area (Å²) in [7, 11) is 0. The Balaban J connectivity index is 1.95. The van der Waals surface area contributed by atoms with Crippen LogP contribution >= 0.6 is 0 Å². The van der Waals surface area contributed by atoms with Crippen molar-refractivity contribution in [1.82, 2.24) is 4.90 Å². The normalized spacial score (nSPS) is 17.6. The molecular weight excluding hydrogens is 270 g/mol. The average molecular weight is 289 g/mol. The smallest absolute Gasteiger partial charge is 0.329 e. The number of amides is 1. The standard InChI is InChI=1S/C16H19NO4/c1-2-14(18)15(19)17-10-6-9-13(17)16(20)21-11-12-7-4-3-5-8-12/h3-5,7-8,13H,2,6,9-11H2,1H3/t13-/m0/s1. The van der Waals surface area contributed by atoms with E-state index in [4.69, 9.17) is 4.74 Å². The Morgan fingerprint density at radius 2 is 1.95 bits per heavy atom. The molecule has 2 rings (SSSR count). The van der Waals surface area contributed by atoms with E-state index in [0.29, 0.717) is 19.4 Å². The van der Waals surface area contributed by atoms with E-state index in [1.165, 1.54) is 4.90 Å². The molecule has 1 fully saturated rings. The Hall–Kier alpha value is -2.17. The van der Waals surface area contributed by atoms with Crippen molar-refractivity contribution in [3.8, 4) is 0 Å². The molecule has 1 saturated heterocycles. The molecule has 0 unspecified atom stereocenters. The highest BCUT2D eigenvalue weighted by Crippen LogP contribution is 2.19. The highest BCUT2D eigenvalue weighted by Gasteiger charge is 2.37. The van der Waals surface area contributed by atoms with Gasteiger partial charge >= 0.3 is 5.97 Å². The highest BCUT2D eigenvalue weighted by atomic mass is 16.5. The van der Waals surface area contributed by atoms with Gasteiger partial charge in [-0.3, -0.25) is 9.59 Å². The Morgan fingerprint density at radius 3 is 2.62 bits per heavy atom. The molecule has 1 aliphatic heterocycles. The van der Waals surface area contributed by atoms with Crippen LogP contribution in [0.2, 0.25) is 0 Å². The number of rotatable bonds is 5. The van der Waals surface area contributed by atoms with Crippen LogP contribution in [0, 0.1) is 0 Å². The third kappa shape index (κ3) is 3.68. The predicted molar refractivity (Wildman–Crippen MR) is 76.3 cm³/mol. The maximum Gasteiger partial charge on any atom is 0.329 e. The predicted octanol–water partition coefficient (Wildman–Crippen LogP) is 1.70. The number of Topliss-reactive ketones (excluding diaryl/α,β-unsaturated/α-hetero) is 1. The maximum absolute atomic E-state index is 12.1. The lowest BCUT2D eigenvalue weighted by atomic mass is 10.2. The molecule has 0 bridgehead atoms. The molecule has 1 aromatic rings. The van der Waals surface area contributed by atoms with Gasteiger partial charge in [0.1, 0.15) is 12.6 Å². The first-order chi connectivity index (χ1) is 10.1. The second kappa shape index (κ2) is 7.02. The number of benzene rings is 1. The minimum absolute atomic E-state index is 0.154. The van der Waals surface area contributed by atoms with Crippen LogP contribution < -0.4 is 0 Å². The summed E-state index contributed by atoms with van der Waals surface area (Å²) < 4.78 is 5.26. The van der Waals surface area contributed by atoms with Crippen LogP contribution in [0.4, 0.5) is 0 Å². The molecule has 5 heteroatoms. The van der Waals surface area contributed by atoms with Crippen LogP contribution in [0.15, 0.2) is 30.3 Å². The molecule has 0 N–H and O–H groups in total. The summed E-state index contributed by atoms with van der Waals surface area (Å²) in [6, 6.07) is 8.73. The lowest BCUT2D eigenvalue weighted by Crippen LogP contribution is -2.44. The molecule has 1 aliphatic rings. The molecule has 1 heterocycles. The van der Waals surface area contributed by atoms with E-state index in [0.717, 1.165) is 5.56 Å². The quantitative estimate of drug-likeness (QED) is 0.611. The fourth-order valence-corrected chi connectivity index (χ4v) is 2.39. The zero-order valence-electron chi connectivity index (χ0n) is 12.1. The number of carbonyl (C=O) groups excluding carboxylic acids is 3. The molecule has 1 amide bonds. The number of likely N-dealkylation sites (tertiary alicyclic amines) is 1. The lowest BCUT2D eigenvalue weighted by molar-refractivity contribution is -0.156. The fraction of sp³-hybridized carbons (Fsp3) is 0.438. The summed E-state index contributed by atoms with van der Waals surface area (Å²) in [4.78, 5) is 36.9. The number of carbonyl (C=O) groups is 3. The Morgan fingerprint density at radius 1 is 1.24 bits per heavy atom. The SMILES string of the molecule is CCC(=O)C(=O)N1CCC[C@H]1C(=O)OCc1ccccc1. The fourth-order valence-electron chi connectivity index (χ4n) is 2.39. The summed E-state index contributed by atoms with van der Waals surface area (Å²) in [5, 5.41) is 0. The number of hydrogen-bond donors (Lipinski definition) is 0. The first-order valence-corrected chi connectivity index (χ1v) is 7.18. The van der Waals surface area contributed by atoms with Gasteiger partial charge in [-0.1, -0.05) is 37.3 Å². The van der Waals surface area contributed by atoms with Gasteiger partial charge in [0.25, 0.3) is 5.91 Å². The second-order valence-corrected chi connectivity index (χ2v) is 5.03. The average Bonchev–Trinajstić information content (AvgIpc) is 3.01. The number of ketones is 1. The van der Waals surface area contributed by atoms with Crippen molar-refractivity contribution in [3.05, 3.63) is 35.9 Å². The van der Waals surface area contributed by atoms with E-state index in [9.17, 15) is 14.4 Å². The summed E-state index contributed by atoms with van der Waals surface area (Å²) in [6.45, 7) is 2.26. The summed E-state index contributed by atoms with van der Waals surface area (Å²) in [5.41, 5.74) is 0.895. The summed E-state index contributed by atoms with van der Waals surface area (Å²) >= 11 is 0. The van der Waals surface area contributed by atoms with Gasteiger partial charge in [0, 0.05) is 13.0 Å². The van der Waals surface area contributed by atoms with Gasteiger partial charge in [-0.15, -0.1) is 0 Å². The van der Waals surface area contributed by atoms with Crippen molar-refractivity contribution in [3.63, 3.8) is 0 Å². The van der Waals surface area contributed by atoms with Crippen molar-refractivity contribution in [1.29, 1.82) is 0 Å². The molecule has 1 aromatic carbocycles. The van der Waals surface area contributed by atoms with E-state index in [2.05, 4.69) is 0 Å². The van der Waals surface area contributed by atoms with Gasteiger partial charge in [0.05, 0.1) is 0 Å². The maximum atomic E-state index is 12.1. The van der Waals surface area contributed by atoms with Crippen molar-refractivity contribution in [2.45, 2.75) is 38.8 Å². The molecular formula is C16H19NO4. The van der Waals surface area contributed by atoms with Crippen LogP contribution in [-0.2, 0) is 25.7 Å². The van der Waals surface area contributed by atoms with Crippen LogP contribution in [0.25, 0.3) is 0 Å². The lowest BCUT2D eigenvalue weighted by Gasteiger charge is -2.22. The zero-order valence-corrected chi connectivity index (χ0v) is 12.1. The highest BCUT2D eigenvalue weighted by molar-refractivity contribution is 6.36. The Bertz CT molecular complexity index is 526. The topological polar surface area (TPSA) is 63.7 Å². The first-order valence-electron chi connectivity index (χ1n) is 7.18. The van der Waals surface area contributed by atoms with Gasteiger partial charge in [-0.25, -0.2) is 4.79 Å². The summed E-state index contributed by atoms with van der Waals surface area (Å²) in [5.74, 6) is -1.47. The minimum atomic E-state index is -0.628. The minimum Gasteiger partial charge on any atom is -0.459 e.